The number of hydrogen-bond donors (Lipinski definition) is 2. The molecule has 0 radical (unpaired) electrons. The Morgan fingerprint density at radius 2 is 1.75 bits per heavy atom. The molecule has 2 rings (SSSR count). The van der Waals surface area contributed by atoms with Crippen molar-refractivity contribution in [1.29, 1.82) is 0 Å². The third-order valence-electron chi connectivity index (χ3n) is 3.98. The van der Waals surface area contributed by atoms with Gasteiger partial charge in [0.15, 0.2) is 0 Å². The molecular weight excluding hydrogens is 390 g/mol. The highest BCUT2D eigenvalue weighted by atomic mass is 32.2. The van der Waals surface area contributed by atoms with Gasteiger partial charge in [-0.15, -0.1) is 0 Å². The van der Waals surface area contributed by atoms with Crippen LogP contribution in [0.4, 0.5) is 8.78 Å². The molecule has 6 nitrogen and oxygen atoms in total. The molecule has 0 aliphatic heterocycles. The van der Waals surface area contributed by atoms with Gasteiger partial charge in [0, 0.05) is 30.3 Å². The van der Waals surface area contributed by atoms with Gasteiger partial charge in [0.05, 0.1) is 17.5 Å². The Morgan fingerprint density at radius 1 is 1.11 bits per heavy atom. The quantitative estimate of drug-likeness (QED) is 0.698. The van der Waals surface area contributed by atoms with E-state index >= 15 is 0 Å². The minimum atomic E-state index is -3.75. The molecule has 0 saturated heterocycles. The normalized spacial score (nSPS) is 13.8. The number of benzene rings is 2. The van der Waals surface area contributed by atoms with E-state index in [1.54, 1.807) is 13.8 Å². The second-order valence-electron chi connectivity index (χ2n) is 6.36. The van der Waals surface area contributed by atoms with Crippen molar-refractivity contribution < 1.29 is 26.7 Å². The Hall–Kier alpha value is -2.36. The van der Waals surface area contributed by atoms with E-state index in [0.717, 1.165) is 12.1 Å². The number of methoxy groups -OCH3 is 1. The fraction of sp³-hybridized carbons (Fsp3) is 0.316. The summed E-state index contributed by atoms with van der Waals surface area (Å²) in [6, 6.07) is 7.33. The summed E-state index contributed by atoms with van der Waals surface area (Å²) in [4.78, 5) is 12.3. The smallest absolute Gasteiger partial charge is 0.251 e. The first-order valence-electron chi connectivity index (χ1n) is 8.51. The molecule has 0 aromatic heterocycles. The molecule has 0 spiro atoms. The maximum Gasteiger partial charge on any atom is 0.251 e. The van der Waals surface area contributed by atoms with Crippen LogP contribution in [0.2, 0.25) is 0 Å². The second kappa shape index (κ2) is 9.22. The largest absolute Gasteiger partial charge is 0.383 e. The van der Waals surface area contributed by atoms with E-state index in [1.807, 2.05) is 0 Å². The number of rotatable bonds is 8. The van der Waals surface area contributed by atoms with E-state index in [9.17, 15) is 22.0 Å². The molecule has 2 N–H and O–H groups in total. The fourth-order valence-corrected chi connectivity index (χ4v) is 3.84. The van der Waals surface area contributed by atoms with Crippen LogP contribution in [0.5, 0.6) is 0 Å². The molecule has 0 fully saturated rings. The van der Waals surface area contributed by atoms with Crippen LogP contribution in [-0.2, 0) is 14.8 Å². The summed E-state index contributed by atoms with van der Waals surface area (Å²) < 4.78 is 58.8. The maximum atomic E-state index is 13.8. The number of carbonyl (C=O) groups is 1. The molecule has 28 heavy (non-hydrogen) atoms. The first-order valence-corrected chi connectivity index (χ1v) is 9.99. The van der Waals surface area contributed by atoms with Crippen LogP contribution in [0.1, 0.15) is 35.8 Å². The highest BCUT2D eigenvalue weighted by Gasteiger charge is 2.19. The van der Waals surface area contributed by atoms with Crippen molar-refractivity contribution >= 4 is 15.9 Å². The van der Waals surface area contributed by atoms with Crippen molar-refractivity contribution in [3.8, 4) is 0 Å². The molecule has 0 aliphatic carbocycles. The summed E-state index contributed by atoms with van der Waals surface area (Å²) in [7, 11) is -2.28. The average molecular weight is 412 g/mol. The lowest BCUT2D eigenvalue weighted by molar-refractivity contribution is 0.0939. The van der Waals surface area contributed by atoms with E-state index in [4.69, 9.17) is 4.74 Å². The molecule has 152 valence electrons. The van der Waals surface area contributed by atoms with Crippen molar-refractivity contribution in [3.63, 3.8) is 0 Å². The van der Waals surface area contributed by atoms with Crippen LogP contribution in [0.15, 0.2) is 47.4 Å². The number of halogens is 2. The number of nitrogens with one attached hydrogen (secondary N) is 2. The SMILES string of the molecule is COC[C@H](C)NS(=O)(=O)c1ccc(C(=O)N[C@H](C)c2ccc(F)cc2F)cc1. The Labute approximate surface area is 163 Å². The van der Waals surface area contributed by atoms with Gasteiger partial charge in [-0.05, 0) is 44.2 Å². The highest BCUT2D eigenvalue weighted by Crippen LogP contribution is 2.19. The van der Waals surface area contributed by atoms with Gasteiger partial charge in [-0.2, -0.15) is 0 Å². The van der Waals surface area contributed by atoms with E-state index in [2.05, 4.69) is 10.0 Å². The van der Waals surface area contributed by atoms with E-state index in [-0.39, 0.29) is 22.6 Å². The first-order chi connectivity index (χ1) is 13.1. The zero-order valence-corrected chi connectivity index (χ0v) is 16.5. The molecule has 2 atom stereocenters. The van der Waals surface area contributed by atoms with Crippen molar-refractivity contribution in [3.05, 3.63) is 65.2 Å². The number of ether oxygens (including phenoxy) is 1. The van der Waals surface area contributed by atoms with Crippen molar-refractivity contribution in [2.45, 2.75) is 30.8 Å². The van der Waals surface area contributed by atoms with Gasteiger partial charge in [-0.3, -0.25) is 4.79 Å². The fourth-order valence-electron chi connectivity index (χ4n) is 2.61. The van der Waals surface area contributed by atoms with Gasteiger partial charge in [0.2, 0.25) is 10.0 Å². The number of hydrogen-bond acceptors (Lipinski definition) is 4. The van der Waals surface area contributed by atoms with Gasteiger partial charge in [-0.1, -0.05) is 6.07 Å². The summed E-state index contributed by atoms with van der Waals surface area (Å²) in [6.07, 6.45) is 0. The number of carbonyl (C=O) groups excluding carboxylic acids is 1. The Balaban J connectivity index is 2.09. The van der Waals surface area contributed by atoms with Gasteiger partial charge in [-0.25, -0.2) is 21.9 Å². The minimum absolute atomic E-state index is 0.00429. The summed E-state index contributed by atoms with van der Waals surface area (Å²) in [5.74, 6) is -1.98. The number of amides is 1. The Morgan fingerprint density at radius 3 is 2.32 bits per heavy atom. The average Bonchev–Trinajstić information content (AvgIpc) is 2.61. The molecule has 0 heterocycles. The van der Waals surface area contributed by atoms with Crippen molar-refractivity contribution in [2.75, 3.05) is 13.7 Å². The van der Waals surface area contributed by atoms with Gasteiger partial charge >= 0.3 is 0 Å². The predicted molar refractivity (Wildman–Crippen MR) is 100 cm³/mol. The zero-order valence-electron chi connectivity index (χ0n) is 15.7. The van der Waals surface area contributed by atoms with E-state index in [1.165, 1.54) is 37.4 Å². The van der Waals surface area contributed by atoms with Crippen LogP contribution in [-0.4, -0.2) is 34.1 Å². The Bertz CT molecular complexity index is 933. The van der Waals surface area contributed by atoms with Crippen molar-refractivity contribution in [2.24, 2.45) is 0 Å². The molecule has 0 unspecified atom stereocenters. The first kappa shape index (κ1) is 21.9. The topological polar surface area (TPSA) is 84.5 Å². The van der Waals surface area contributed by atoms with Crippen molar-refractivity contribution in [1.82, 2.24) is 10.0 Å². The second-order valence-corrected chi connectivity index (χ2v) is 8.08. The zero-order chi connectivity index (χ0) is 20.9. The molecule has 0 bridgehead atoms. The Kier molecular flexibility index (Phi) is 7.22. The van der Waals surface area contributed by atoms with E-state index < -0.39 is 39.6 Å². The third-order valence-corrected chi connectivity index (χ3v) is 5.58. The van der Waals surface area contributed by atoms with Gasteiger partial charge in [0.25, 0.3) is 5.91 Å². The van der Waals surface area contributed by atoms with Crippen LogP contribution in [0, 0.1) is 11.6 Å². The molecule has 0 saturated carbocycles. The van der Waals surface area contributed by atoms with Crippen LogP contribution in [0.3, 0.4) is 0 Å². The summed E-state index contributed by atoms with van der Waals surface area (Å²) in [5.41, 5.74) is 0.350. The summed E-state index contributed by atoms with van der Waals surface area (Å²) in [5, 5.41) is 2.60. The molecule has 0 aliphatic rings. The summed E-state index contributed by atoms with van der Waals surface area (Å²) in [6.45, 7) is 3.45. The summed E-state index contributed by atoms with van der Waals surface area (Å²) >= 11 is 0. The molecule has 2 aromatic carbocycles. The molecule has 9 heteroatoms. The number of sulfonamides is 1. The minimum Gasteiger partial charge on any atom is -0.383 e. The van der Waals surface area contributed by atoms with E-state index in [0.29, 0.717) is 0 Å². The lowest BCUT2D eigenvalue weighted by Crippen LogP contribution is -2.35. The highest BCUT2D eigenvalue weighted by molar-refractivity contribution is 7.89. The standard InChI is InChI=1S/C19H22F2N2O4S/c1-12(11-27-3)23-28(25,26)16-7-4-14(5-8-16)19(24)22-13(2)17-9-6-15(20)10-18(17)21/h4-10,12-13,23H,11H2,1-3H3,(H,22,24)/t12-,13+/m0/s1. The molecule has 1 amide bonds. The molecule has 2 aromatic rings. The van der Waals surface area contributed by atoms with Crippen LogP contribution >= 0.6 is 0 Å². The predicted octanol–water partition coefficient (Wildman–Crippen LogP) is 2.77. The van der Waals surface area contributed by atoms with Gasteiger partial charge in [0.1, 0.15) is 11.6 Å². The lowest BCUT2D eigenvalue weighted by atomic mass is 10.1. The van der Waals surface area contributed by atoms with Crippen LogP contribution in [0.25, 0.3) is 0 Å². The molecular formula is C19H22F2N2O4S. The monoisotopic (exact) mass is 412 g/mol. The maximum absolute atomic E-state index is 13.8. The third kappa shape index (κ3) is 5.57. The van der Waals surface area contributed by atoms with Gasteiger partial charge < -0.3 is 10.1 Å². The lowest BCUT2D eigenvalue weighted by Gasteiger charge is -2.16. The van der Waals surface area contributed by atoms with Crippen LogP contribution < -0.4 is 10.0 Å².